The summed E-state index contributed by atoms with van der Waals surface area (Å²) >= 11 is 0. The first-order valence-electron chi connectivity index (χ1n) is 8.88. The van der Waals surface area contributed by atoms with Crippen molar-refractivity contribution in [3.05, 3.63) is 59.4 Å². The van der Waals surface area contributed by atoms with Crippen LogP contribution in [0.5, 0.6) is 0 Å². The van der Waals surface area contributed by atoms with Crippen molar-refractivity contribution in [1.29, 1.82) is 0 Å². The van der Waals surface area contributed by atoms with Crippen LogP contribution in [-0.4, -0.2) is 47.1 Å². The molecule has 0 spiro atoms. The van der Waals surface area contributed by atoms with Crippen LogP contribution in [0.1, 0.15) is 16.1 Å². The highest BCUT2D eigenvalue weighted by molar-refractivity contribution is 6.07. The van der Waals surface area contributed by atoms with Crippen molar-refractivity contribution in [2.75, 3.05) is 31.6 Å². The summed E-state index contributed by atoms with van der Waals surface area (Å²) in [5, 5.41) is 3.68. The van der Waals surface area contributed by atoms with E-state index in [2.05, 4.69) is 15.3 Å². The largest absolute Gasteiger partial charge is 0.378 e. The van der Waals surface area contributed by atoms with Crippen molar-refractivity contribution in [1.82, 2.24) is 14.9 Å². The molecule has 1 N–H and O–H groups in total. The van der Waals surface area contributed by atoms with Crippen LogP contribution in [0.2, 0.25) is 0 Å². The van der Waals surface area contributed by atoms with Gasteiger partial charge in [0.05, 0.1) is 24.5 Å². The van der Waals surface area contributed by atoms with E-state index in [1.807, 2.05) is 19.1 Å². The Balaban J connectivity index is 0.00000240. The number of benzene rings is 1. The maximum absolute atomic E-state index is 13.7. The Labute approximate surface area is 172 Å². The van der Waals surface area contributed by atoms with Gasteiger partial charge in [0, 0.05) is 42.1 Å². The van der Waals surface area contributed by atoms with Crippen LogP contribution in [0.3, 0.4) is 0 Å². The van der Waals surface area contributed by atoms with Crippen molar-refractivity contribution in [2.45, 2.75) is 6.92 Å². The molecule has 0 saturated carbocycles. The molecule has 3 heterocycles. The van der Waals surface area contributed by atoms with E-state index >= 15 is 0 Å². The first kappa shape index (κ1) is 20.9. The van der Waals surface area contributed by atoms with Crippen LogP contribution in [-0.2, 0) is 4.74 Å². The number of pyridine rings is 2. The minimum atomic E-state index is -0.974. The Morgan fingerprint density at radius 2 is 1.90 bits per heavy atom. The SMILES string of the molecule is Cc1ccc2c(Nc3ccc(F)c(F)c3)c(C(=O)N3CCOCC3)cnc2n1.Cl. The molecule has 4 rings (SSSR count). The minimum absolute atomic E-state index is 0. The summed E-state index contributed by atoms with van der Waals surface area (Å²) in [6, 6.07) is 7.11. The maximum Gasteiger partial charge on any atom is 0.257 e. The monoisotopic (exact) mass is 420 g/mol. The van der Waals surface area contributed by atoms with Gasteiger partial charge in [-0.05, 0) is 31.2 Å². The number of morpholine rings is 1. The van der Waals surface area contributed by atoms with Gasteiger partial charge in [-0.25, -0.2) is 18.7 Å². The Kier molecular flexibility index (Phi) is 6.24. The summed E-state index contributed by atoms with van der Waals surface area (Å²) in [6.07, 6.45) is 1.47. The predicted molar refractivity (Wildman–Crippen MR) is 108 cm³/mol. The second-order valence-corrected chi connectivity index (χ2v) is 6.53. The van der Waals surface area contributed by atoms with Crippen molar-refractivity contribution in [2.24, 2.45) is 0 Å². The van der Waals surface area contributed by atoms with E-state index in [9.17, 15) is 13.6 Å². The number of fused-ring (bicyclic) bond motifs is 1. The molecular weight excluding hydrogens is 402 g/mol. The molecule has 1 saturated heterocycles. The number of rotatable bonds is 3. The second kappa shape index (κ2) is 8.67. The fraction of sp³-hybridized carbons (Fsp3) is 0.250. The number of anilines is 2. The molecule has 1 aliphatic heterocycles. The van der Waals surface area contributed by atoms with E-state index in [1.54, 1.807) is 4.90 Å². The summed E-state index contributed by atoms with van der Waals surface area (Å²) < 4.78 is 32.3. The zero-order chi connectivity index (χ0) is 19.7. The van der Waals surface area contributed by atoms with E-state index in [0.717, 1.165) is 17.8 Å². The quantitative estimate of drug-likeness (QED) is 0.697. The van der Waals surface area contributed by atoms with Gasteiger partial charge in [-0.3, -0.25) is 4.79 Å². The van der Waals surface area contributed by atoms with E-state index < -0.39 is 11.6 Å². The zero-order valence-electron chi connectivity index (χ0n) is 15.6. The van der Waals surface area contributed by atoms with E-state index in [4.69, 9.17) is 4.74 Å². The Morgan fingerprint density at radius 1 is 1.14 bits per heavy atom. The van der Waals surface area contributed by atoms with Crippen molar-refractivity contribution >= 4 is 40.7 Å². The number of carbonyl (C=O) groups excluding carboxylic acids is 1. The highest BCUT2D eigenvalue weighted by Gasteiger charge is 2.23. The van der Waals surface area contributed by atoms with Gasteiger partial charge in [0.1, 0.15) is 0 Å². The lowest BCUT2D eigenvalue weighted by Gasteiger charge is -2.27. The van der Waals surface area contributed by atoms with Gasteiger partial charge in [-0.15, -0.1) is 12.4 Å². The summed E-state index contributed by atoms with van der Waals surface area (Å²) in [4.78, 5) is 23.5. The number of ether oxygens (including phenoxy) is 1. The molecule has 1 amide bonds. The third-order valence-corrected chi connectivity index (χ3v) is 4.59. The van der Waals surface area contributed by atoms with E-state index in [1.165, 1.54) is 12.3 Å². The fourth-order valence-electron chi connectivity index (χ4n) is 3.12. The molecule has 29 heavy (non-hydrogen) atoms. The smallest absolute Gasteiger partial charge is 0.257 e. The van der Waals surface area contributed by atoms with Gasteiger partial charge < -0.3 is 15.0 Å². The lowest BCUT2D eigenvalue weighted by atomic mass is 10.1. The van der Waals surface area contributed by atoms with Crippen molar-refractivity contribution in [3.8, 4) is 0 Å². The third kappa shape index (κ3) is 4.28. The fourth-order valence-corrected chi connectivity index (χ4v) is 3.12. The average molecular weight is 421 g/mol. The van der Waals surface area contributed by atoms with Crippen LogP contribution in [0.4, 0.5) is 20.2 Å². The second-order valence-electron chi connectivity index (χ2n) is 6.53. The molecule has 1 aromatic carbocycles. The number of amides is 1. The number of hydrogen-bond acceptors (Lipinski definition) is 5. The molecule has 0 bridgehead atoms. The number of aryl methyl sites for hydroxylation is 1. The van der Waals surface area contributed by atoms with Crippen LogP contribution in [0, 0.1) is 18.6 Å². The molecule has 1 aliphatic rings. The van der Waals surface area contributed by atoms with Gasteiger partial charge in [0.25, 0.3) is 5.91 Å². The van der Waals surface area contributed by atoms with E-state index in [0.29, 0.717) is 54.3 Å². The molecule has 0 radical (unpaired) electrons. The zero-order valence-corrected chi connectivity index (χ0v) is 16.4. The average Bonchev–Trinajstić information content (AvgIpc) is 2.71. The molecule has 9 heteroatoms. The number of carbonyl (C=O) groups is 1. The van der Waals surface area contributed by atoms with Gasteiger partial charge in [-0.1, -0.05) is 0 Å². The molecule has 0 atom stereocenters. The van der Waals surface area contributed by atoms with Crippen molar-refractivity contribution in [3.63, 3.8) is 0 Å². The third-order valence-electron chi connectivity index (χ3n) is 4.59. The molecule has 152 valence electrons. The summed E-state index contributed by atoms with van der Waals surface area (Å²) in [5.41, 5.74) is 2.36. The van der Waals surface area contributed by atoms with Gasteiger partial charge in [0.2, 0.25) is 0 Å². The molecule has 0 unspecified atom stereocenters. The number of nitrogens with zero attached hydrogens (tertiary/aromatic N) is 3. The highest BCUT2D eigenvalue weighted by Crippen LogP contribution is 2.30. The Bertz CT molecular complexity index is 1060. The lowest BCUT2D eigenvalue weighted by molar-refractivity contribution is 0.0303. The number of halogens is 3. The topological polar surface area (TPSA) is 67.4 Å². The first-order chi connectivity index (χ1) is 13.5. The van der Waals surface area contributed by atoms with Gasteiger partial charge >= 0.3 is 0 Å². The number of nitrogens with one attached hydrogen (secondary N) is 1. The summed E-state index contributed by atoms with van der Waals surface area (Å²) in [5.74, 6) is -2.12. The standard InChI is InChI=1S/C20H18F2N4O2.ClH/c1-12-2-4-14-18(25-13-3-5-16(21)17(22)10-13)15(11-23-19(14)24-12)20(27)26-6-8-28-9-7-26;/h2-5,10-11H,6-9H2,1H3,(H,23,24,25);1H. The van der Waals surface area contributed by atoms with Crippen LogP contribution in [0.15, 0.2) is 36.5 Å². The van der Waals surface area contributed by atoms with Crippen LogP contribution < -0.4 is 5.32 Å². The van der Waals surface area contributed by atoms with Crippen molar-refractivity contribution < 1.29 is 18.3 Å². The Morgan fingerprint density at radius 3 is 2.62 bits per heavy atom. The summed E-state index contributed by atoms with van der Waals surface area (Å²) in [6.45, 7) is 3.75. The lowest BCUT2D eigenvalue weighted by Crippen LogP contribution is -2.41. The first-order valence-corrected chi connectivity index (χ1v) is 8.88. The van der Waals surface area contributed by atoms with E-state index in [-0.39, 0.29) is 18.3 Å². The van der Waals surface area contributed by atoms with Gasteiger partial charge in [0.15, 0.2) is 17.3 Å². The van der Waals surface area contributed by atoms with Crippen LogP contribution in [0.25, 0.3) is 11.0 Å². The predicted octanol–water partition coefficient (Wildman–Crippen LogP) is 3.85. The number of aromatic nitrogens is 2. The molecule has 1 fully saturated rings. The molecule has 3 aromatic rings. The summed E-state index contributed by atoms with van der Waals surface area (Å²) in [7, 11) is 0. The number of hydrogen-bond donors (Lipinski definition) is 1. The van der Waals surface area contributed by atoms with Crippen LogP contribution >= 0.6 is 12.4 Å². The molecule has 2 aromatic heterocycles. The molecule has 6 nitrogen and oxygen atoms in total. The van der Waals surface area contributed by atoms with Gasteiger partial charge in [-0.2, -0.15) is 0 Å². The normalized spacial score (nSPS) is 13.8. The molecular formula is C20H19ClF2N4O2. The highest BCUT2D eigenvalue weighted by atomic mass is 35.5. The Hall–Kier alpha value is -2.84. The maximum atomic E-state index is 13.7. The molecule has 0 aliphatic carbocycles. The minimum Gasteiger partial charge on any atom is -0.378 e.